The van der Waals surface area contributed by atoms with Crippen LogP contribution in [0.3, 0.4) is 0 Å². The second-order valence-electron chi connectivity index (χ2n) is 6.10. The predicted molar refractivity (Wildman–Crippen MR) is 96.0 cm³/mol. The number of aryl methyl sites for hydroxylation is 1. The van der Waals surface area contributed by atoms with Gasteiger partial charge in [-0.2, -0.15) is 0 Å². The molecule has 1 aliphatic heterocycles. The fourth-order valence-corrected chi connectivity index (χ4v) is 4.56. The molecule has 7 heteroatoms. The van der Waals surface area contributed by atoms with Crippen molar-refractivity contribution in [3.05, 3.63) is 59.7 Å². The van der Waals surface area contributed by atoms with E-state index in [0.29, 0.717) is 11.3 Å². The lowest BCUT2D eigenvalue weighted by Gasteiger charge is -2.15. The van der Waals surface area contributed by atoms with Crippen LogP contribution in [0.1, 0.15) is 22.8 Å². The van der Waals surface area contributed by atoms with Gasteiger partial charge in [-0.1, -0.05) is 25.1 Å². The monoisotopic (exact) mass is 358 g/mol. The van der Waals surface area contributed by atoms with E-state index in [-0.39, 0.29) is 17.3 Å². The third-order valence-corrected chi connectivity index (χ3v) is 5.99. The number of carbonyl (C=O) groups excluding carboxylic acids is 2. The van der Waals surface area contributed by atoms with E-state index in [0.717, 1.165) is 9.87 Å². The lowest BCUT2D eigenvalue weighted by Crippen LogP contribution is -2.30. The predicted octanol–water partition coefficient (Wildman–Crippen LogP) is 2.56. The summed E-state index contributed by atoms with van der Waals surface area (Å²) >= 11 is 0. The molecular formula is C18H18N2O4S. The maximum atomic E-state index is 12.3. The number of nitrogens with one attached hydrogen (secondary N) is 1. The van der Waals surface area contributed by atoms with E-state index in [4.69, 9.17) is 0 Å². The number of rotatable bonds is 3. The molecule has 1 fully saturated rings. The molecule has 1 atom stereocenters. The summed E-state index contributed by atoms with van der Waals surface area (Å²) in [6, 6.07) is 13.4. The molecule has 0 unspecified atom stereocenters. The first-order valence-electron chi connectivity index (χ1n) is 7.83. The molecule has 6 nitrogen and oxygen atoms in total. The van der Waals surface area contributed by atoms with Crippen LogP contribution < -0.4 is 9.62 Å². The highest BCUT2D eigenvalue weighted by Gasteiger charge is 2.41. The van der Waals surface area contributed by atoms with Crippen LogP contribution in [0, 0.1) is 12.8 Å². The summed E-state index contributed by atoms with van der Waals surface area (Å²) in [6.45, 7) is 3.48. The van der Waals surface area contributed by atoms with Crippen molar-refractivity contribution in [3.8, 4) is 0 Å². The van der Waals surface area contributed by atoms with Crippen LogP contribution in [0.5, 0.6) is 0 Å². The van der Waals surface area contributed by atoms with Crippen molar-refractivity contribution in [3.63, 3.8) is 0 Å². The molecular weight excluding hydrogens is 340 g/mol. The summed E-state index contributed by atoms with van der Waals surface area (Å²) in [7, 11) is -3.64. The molecule has 0 aliphatic carbocycles. The average Bonchev–Trinajstić information content (AvgIpc) is 2.77. The van der Waals surface area contributed by atoms with Gasteiger partial charge < -0.3 is 5.32 Å². The van der Waals surface area contributed by atoms with E-state index in [2.05, 4.69) is 5.32 Å². The van der Waals surface area contributed by atoms with Gasteiger partial charge >= 0.3 is 0 Å². The van der Waals surface area contributed by atoms with Gasteiger partial charge in [-0.05, 0) is 42.8 Å². The molecule has 1 heterocycles. The van der Waals surface area contributed by atoms with Crippen LogP contribution in [0.25, 0.3) is 0 Å². The average molecular weight is 358 g/mol. The van der Waals surface area contributed by atoms with Gasteiger partial charge in [-0.15, -0.1) is 0 Å². The fourth-order valence-electron chi connectivity index (χ4n) is 2.74. The van der Waals surface area contributed by atoms with Crippen LogP contribution in [0.2, 0.25) is 0 Å². The zero-order chi connectivity index (χ0) is 18.2. The highest BCUT2D eigenvalue weighted by Crippen LogP contribution is 2.28. The quantitative estimate of drug-likeness (QED) is 0.914. The van der Waals surface area contributed by atoms with Gasteiger partial charge in [0.25, 0.3) is 5.91 Å². The molecule has 1 aliphatic rings. The topological polar surface area (TPSA) is 83.6 Å². The van der Waals surface area contributed by atoms with Crippen molar-refractivity contribution in [1.82, 2.24) is 0 Å². The van der Waals surface area contributed by atoms with Crippen LogP contribution in [-0.2, 0) is 14.8 Å². The molecule has 2 amide bonds. The number of benzene rings is 2. The normalized spacial score (nSPS) is 19.0. The van der Waals surface area contributed by atoms with E-state index in [1.54, 1.807) is 13.0 Å². The maximum Gasteiger partial charge on any atom is 0.255 e. The van der Waals surface area contributed by atoms with E-state index in [1.165, 1.54) is 24.3 Å². The molecule has 1 saturated heterocycles. The van der Waals surface area contributed by atoms with Gasteiger partial charge in [0, 0.05) is 11.3 Å². The Labute approximate surface area is 146 Å². The molecule has 0 bridgehead atoms. The Balaban J connectivity index is 1.82. The van der Waals surface area contributed by atoms with Crippen molar-refractivity contribution in [1.29, 1.82) is 0 Å². The summed E-state index contributed by atoms with van der Waals surface area (Å²) in [5, 5.41) is 2.81. The zero-order valence-corrected chi connectivity index (χ0v) is 14.7. The van der Waals surface area contributed by atoms with E-state index >= 15 is 0 Å². The van der Waals surface area contributed by atoms with Crippen LogP contribution in [0.15, 0.2) is 48.5 Å². The molecule has 3 rings (SSSR count). The minimum Gasteiger partial charge on any atom is -0.322 e. The molecule has 2 aromatic rings. The molecule has 25 heavy (non-hydrogen) atoms. The van der Waals surface area contributed by atoms with Gasteiger partial charge in [0.15, 0.2) is 0 Å². The minimum atomic E-state index is -3.64. The molecule has 2 aromatic carbocycles. The first-order valence-corrected chi connectivity index (χ1v) is 9.44. The number of para-hydroxylation sites is 1. The Morgan fingerprint density at radius 2 is 1.76 bits per heavy atom. The molecule has 1 N–H and O–H groups in total. The van der Waals surface area contributed by atoms with Crippen molar-refractivity contribution in [2.45, 2.75) is 13.8 Å². The Morgan fingerprint density at radius 1 is 1.12 bits per heavy atom. The maximum absolute atomic E-state index is 12.3. The van der Waals surface area contributed by atoms with Crippen molar-refractivity contribution < 1.29 is 18.0 Å². The number of hydrogen-bond acceptors (Lipinski definition) is 4. The van der Waals surface area contributed by atoms with E-state index < -0.39 is 21.8 Å². The molecule has 0 spiro atoms. The second kappa shape index (κ2) is 6.33. The third-order valence-electron chi connectivity index (χ3n) is 4.12. The van der Waals surface area contributed by atoms with E-state index in [9.17, 15) is 18.0 Å². The van der Waals surface area contributed by atoms with Crippen LogP contribution >= 0.6 is 0 Å². The Kier molecular flexibility index (Phi) is 4.34. The lowest BCUT2D eigenvalue weighted by molar-refractivity contribution is -0.119. The van der Waals surface area contributed by atoms with Gasteiger partial charge in [0.1, 0.15) is 0 Å². The van der Waals surface area contributed by atoms with Crippen LogP contribution in [0.4, 0.5) is 11.4 Å². The van der Waals surface area contributed by atoms with Gasteiger partial charge in [0.2, 0.25) is 15.9 Å². The molecule has 0 radical (unpaired) electrons. The van der Waals surface area contributed by atoms with Crippen molar-refractivity contribution in [2.24, 2.45) is 5.92 Å². The third kappa shape index (κ3) is 3.28. The second-order valence-corrected chi connectivity index (χ2v) is 7.96. The Bertz CT molecular complexity index is 936. The lowest BCUT2D eigenvalue weighted by atomic mass is 10.1. The number of sulfonamides is 1. The van der Waals surface area contributed by atoms with Crippen molar-refractivity contribution in [2.75, 3.05) is 15.4 Å². The smallest absolute Gasteiger partial charge is 0.255 e. The van der Waals surface area contributed by atoms with Gasteiger partial charge in [-0.3, -0.25) is 9.59 Å². The molecule has 0 aromatic heterocycles. The standard InChI is InChI=1S/C18H18N2O4S/c1-12-5-3-4-6-16(12)19-17(21)14-7-9-15(10-8-14)20-18(22)13(2)11-25(20,23)24/h3-10,13H,11H2,1-2H3,(H,19,21)/t13-/m1/s1. The number of anilines is 2. The highest BCUT2D eigenvalue weighted by molar-refractivity contribution is 7.94. The highest BCUT2D eigenvalue weighted by atomic mass is 32.2. The minimum absolute atomic E-state index is 0.193. The largest absolute Gasteiger partial charge is 0.322 e. The van der Waals surface area contributed by atoms with Crippen LogP contribution in [-0.4, -0.2) is 26.0 Å². The number of carbonyl (C=O) groups is 2. The number of amides is 2. The summed E-state index contributed by atoms with van der Waals surface area (Å²) in [5.74, 6) is -1.50. The zero-order valence-electron chi connectivity index (χ0n) is 13.9. The summed E-state index contributed by atoms with van der Waals surface area (Å²) < 4.78 is 25.0. The van der Waals surface area contributed by atoms with Gasteiger partial charge in [0.05, 0.1) is 17.4 Å². The number of hydrogen-bond donors (Lipinski definition) is 1. The fraction of sp³-hybridized carbons (Fsp3) is 0.222. The van der Waals surface area contributed by atoms with E-state index in [1.807, 2.05) is 25.1 Å². The number of nitrogens with zero attached hydrogens (tertiary/aromatic N) is 1. The summed E-state index contributed by atoms with van der Waals surface area (Å²) in [6.07, 6.45) is 0. The summed E-state index contributed by atoms with van der Waals surface area (Å²) in [4.78, 5) is 24.4. The first-order chi connectivity index (χ1) is 11.8. The first kappa shape index (κ1) is 17.2. The SMILES string of the molecule is Cc1ccccc1NC(=O)c1ccc(N2C(=O)[C@H](C)CS2(=O)=O)cc1. The Morgan fingerprint density at radius 3 is 2.32 bits per heavy atom. The molecule has 0 saturated carbocycles. The van der Waals surface area contributed by atoms with Crippen molar-refractivity contribution >= 4 is 33.2 Å². The molecule has 130 valence electrons. The Hall–Kier alpha value is -2.67. The van der Waals surface area contributed by atoms with Gasteiger partial charge in [-0.25, -0.2) is 12.7 Å². The summed E-state index contributed by atoms with van der Waals surface area (Å²) in [5.41, 5.74) is 2.28.